The quantitative estimate of drug-likeness (QED) is 0.859. The molecule has 18 heavy (non-hydrogen) atoms. The van der Waals surface area contributed by atoms with E-state index < -0.39 is 10.2 Å². The minimum absolute atomic E-state index is 0.173. The Hall–Kier alpha value is -1.76. The molecule has 0 radical (unpaired) electrons. The fourth-order valence-corrected chi connectivity index (χ4v) is 3.33. The Balaban J connectivity index is 2.26. The molecule has 0 bridgehead atoms. The molecule has 98 valence electrons. The smallest absolute Gasteiger partial charge is 0.326 e. The zero-order valence-corrected chi connectivity index (χ0v) is 11.1. The normalized spacial score (nSPS) is 16.6. The molecule has 0 aromatic heterocycles. The van der Waals surface area contributed by atoms with Crippen LogP contribution < -0.4 is 13.9 Å². The Kier molecular flexibility index (Phi) is 3.16. The summed E-state index contributed by atoms with van der Waals surface area (Å²) < 4.78 is 26.9. The maximum Gasteiger partial charge on any atom is 0.326 e. The fraction of sp³-hybridized carbons (Fsp3) is 0.364. The second-order valence-corrected chi connectivity index (χ2v) is 5.90. The summed E-state index contributed by atoms with van der Waals surface area (Å²) in [6.45, 7) is 1.92. The van der Waals surface area contributed by atoms with Crippen molar-refractivity contribution in [3.05, 3.63) is 24.3 Å². The minimum Gasteiger partial charge on any atom is -0.355 e. The van der Waals surface area contributed by atoms with Crippen LogP contribution in [0.5, 0.6) is 0 Å². The van der Waals surface area contributed by atoms with E-state index in [-0.39, 0.29) is 19.0 Å². The second kappa shape index (κ2) is 4.49. The molecule has 1 heterocycles. The van der Waals surface area contributed by atoms with Gasteiger partial charge in [-0.05, 0) is 12.1 Å². The Morgan fingerprint density at radius 2 is 1.89 bits per heavy atom. The fourth-order valence-electron chi connectivity index (χ4n) is 1.91. The number of hydrogen-bond acceptors (Lipinski definition) is 3. The second-order valence-electron chi connectivity index (χ2n) is 4.02. The third-order valence-electron chi connectivity index (χ3n) is 2.80. The highest BCUT2D eigenvalue weighted by Crippen LogP contribution is 2.38. The van der Waals surface area contributed by atoms with Crippen molar-refractivity contribution in [2.24, 2.45) is 0 Å². The minimum atomic E-state index is -3.51. The summed E-state index contributed by atoms with van der Waals surface area (Å²) >= 11 is 0. The van der Waals surface area contributed by atoms with Crippen molar-refractivity contribution in [3.63, 3.8) is 0 Å². The van der Waals surface area contributed by atoms with Gasteiger partial charge in [-0.25, -0.2) is 4.31 Å². The number of para-hydroxylation sites is 2. The molecular weight excluding hydrogens is 254 g/mol. The van der Waals surface area contributed by atoms with Gasteiger partial charge in [-0.3, -0.25) is 9.10 Å². The van der Waals surface area contributed by atoms with Gasteiger partial charge in [-0.1, -0.05) is 12.1 Å². The number of nitrogens with zero attached hydrogens (tertiary/aromatic N) is 2. The van der Waals surface area contributed by atoms with Crippen molar-refractivity contribution in [2.75, 3.05) is 28.7 Å². The molecule has 2 rings (SSSR count). The molecule has 1 N–H and O–H groups in total. The average Bonchev–Trinajstić information content (AvgIpc) is 2.50. The molecule has 0 unspecified atom stereocenters. The highest BCUT2D eigenvalue weighted by molar-refractivity contribution is 7.94. The van der Waals surface area contributed by atoms with Gasteiger partial charge in [0.15, 0.2) is 0 Å². The Morgan fingerprint density at radius 1 is 1.28 bits per heavy atom. The summed E-state index contributed by atoms with van der Waals surface area (Å²) in [6, 6.07) is 7.09. The molecule has 1 aromatic rings. The van der Waals surface area contributed by atoms with Crippen molar-refractivity contribution in [2.45, 2.75) is 6.92 Å². The van der Waals surface area contributed by atoms with E-state index in [0.29, 0.717) is 11.4 Å². The van der Waals surface area contributed by atoms with Gasteiger partial charge in [-0.15, -0.1) is 0 Å². The summed E-state index contributed by atoms with van der Waals surface area (Å²) in [6.07, 6.45) is 0. The molecule has 7 heteroatoms. The van der Waals surface area contributed by atoms with Crippen LogP contribution in [0.2, 0.25) is 0 Å². The highest BCUT2D eigenvalue weighted by Gasteiger charge is 2.37. The van der Waals surface area contributed by atoms with Crippen LogP contribution in [-0.4, -0.2) is 34.5 Å². The lowest BCUT2D eigenvalue weighted by Gasteiger charge is -2.18. The molecule has 0 fully saturated rings. The predicted octanol–water partition coefficient (Wildman–Crippen LogP) is 0.324. The third-order valence-corrected chi connectivity index (χ3v) is 4.63. The van der Waals surface area contributed by atoms with Gasteiger partial charge in [0, 0.05) is 20.5 Å². The van der Waals surface area contributed by atoms with E-state index in [4.69, 9.17) is 0 Å². The van der Waals surface area contributed by atoms with Gasteiger partial charge in [0.05, 0.1) is 17.9 Å². The largest absolute Gasteiger partial charge is 0.355 e. The van der Waals surface area contributed by atoms with Gasteiger partial charge in [0.2, 0.25) is 5.91 Å². The molecule has 6 nitrogen and oxygen atoms in total. The molecular formula is C11H15N3O3S. The summed E-state index contributed by atoms with van der Waals surface area (Å²) in [5.41, 5.74) is 1.30. The number of rotatable bonds is 3. The van der Waals surface area contributed by atoms with Crippen molar-refractivity contribution >= 4 is 27.5 Å². The van der Waals surface area contributed by atoms with Gasteiger partial charge >= 0.3 is 10.2 Å². The van der Waals surface area contributed by atoms with E-state index in [9.17, 15) is 13.2 Å². The summed E-state index contributed by atoms with van der Waals surface area (Å²) in [5, 5.41) is 2.59. The number of benzene rings is 1. The number of nitrogens with one attached hydrogen (secondary N) is 1. The SMILES string of the molecule is CC(=O)NCCN1c2ccccc2N(C)S1(=O)=O. The van der Waals surface area contributed by atoms with E-state index in [2.05, 4.69) is 5.32 Å². The topological polar surface area (TPSA) is 69.7 Å². The van der Waals surface area contributed by atoms with Crippen LogP contribution in [-0.2, 0) is 15.0 Å². The summed E-state index contributed by atoms with van der Waals surface area (Å²) in [4.78, 5) is 10.8. The van der Waals surface area contributed by atoms with Crippen molar-refractivity contribution in [1.29, 1.82) is 0 Å². The lowest BCUT2D eigenvalue weighted by molar-refractivity contribution is -0.118. The third kappa shape index (κ3) is 2.01. The van der Waals surface area contributed by atoms with Crippen LogP contribution in [0.3, 0.4) is 0 Å². The Labute approximate surface area is 106 Å². The first kappa shape index (κ1) is 12.7. The van der Waals surface area contributed by atoms with Crippen LogP contribution in [0, 0.1) is 0 Å². The Morgan fingerprint density at radius 3 is 2.50 bits per heavy atom. The summed E-state index contributed by atoms with van der Waals surface area (Å²) in [5.74, 6) is -0.173. The van der Waals surface area contributed by atoms with Gasteiger partial charge in [0.1, 0.15) is 0 Å². The number of anilines is 2. The van der Waals surface area contributed by atoms with Crippen molar-refractivity contribution < 1.29 is 13.2 Å². The number of fused-ring (bicyclic) bond motifs is 1. The maximum absolute atomic E-state index is 12.2. The number of carbonyl (C=O) groups is 1. The van der Waals surface area contributed by atoms with Gasteiger partial charge in [-0.2, -0.15) is 8.42 Å². The van der Waals surface area contributed by atoms with E-state index in [1.54, 1.807) is 24.3 Å². The first-order valence-corrected chi connectivity index (χ1v) is 6.94. The van der Waals surface area contributed by atoms with Crippen LogP contribution in [0.25, 0.3) is 0 Å². The van der Waals surface area contributed by atoms with E-state index in [1.165, 1.54) is 22.6 Å². The average molecular weight is 269 g/mol. The maximum atomic E-state index is 12.2. The molecule has 0 aliphatic carbocycles. The standard InChI is InChI=1S/C11H15N3O3S/c1-9(15)12-7-8-14-11-6-4-3-5-10(11)13(2)18(14,16)17/h3-6H,7-8H2,1-2H3,(H,12,15). The van der Waals surface area contributed by atoms with E-state index >= 15 is 0 Å². The van der Waals surface area contributed by atoms with E-state index in [0.717, 1.165) is 0 Å². The van der Waals surface area contributed by atoms with Crippen LogP contribution >= 0.6 is 0 Å². The molecule has 0 saturated carbocycles. The molecule has 0 atom stereocenters. The highest BCUT2D eigenvalue weighted by atomic mass is 32.2. The van der Waals surface area contributed by atoms with Crippen molar-refractivity contribution in [3.8, 4) is 0 Å². The molecule has 1 amide bonds. The lowest BCUT2D eigenvalue weighted by atomic mass is 10.2. The first-order valence-electron chi connectivity index (χ1n) is 5.54. The summed E-state index contributed by atoms with van der Waals surface area (Å²) in [7, 11) is -1.99. The first-order chi connectivity index (χ1) is 8.44. The number of hydrogen-bond donors (Lipinski definition) is 1. The zero-order chi connectivity index (χ0) is 13.3. The number of amides is 1. The molecule has 1 aliphatic heterocycles. The monoisotopic (exact) mass is 269 g/mol. The zero-order valence-electron chi connectivity index (χ0n) is 10.3. The van der Waals surface area contributed by atoms with E-state index in [1.807, 2.05) is 0 Å². The lowest BCUT2D eigenvalue weighted by Crippen LogP contribution is -2.40. The Bertz CT molecular complexity index is 571. The molecule has 0 spiro atoms. The molecule has 1 aliphatic rings. The molecule has 0 saturated heterocycles. The predicted molar refractivity (Wildman–Crippen MR) is 69.8 cm³/mol. The van der Waals surface area contributed by atoms with Gasteiger partial charge < -0.3 is 5.32 Å². The molecule has 1 aromatic carbocycles. The van der Waals surface area contributed by atoms with Crippen LogP contribution in [0.4, 0.5) is 11.4 Å². The van der Waals surface area contributed by atoms with Crippen LogP contribution in [0.1, 0.15) is 6.92 Å². The van der Waals surface area contributed by atoms with Gasteiger partial charge in [0.25, 0.3) is 0 Å². The van der Waals surface area contributed by atoms with Crippen LogP contribution in [0.15, 0.2) is 24.3 Å². The van der Waals surface area contributed by atoms with Crippen molar-refractivity contribution in [1.82, 2.24) is 5.32 Å². The number of carbonyl (C=O) groups excluding carboxylic acids is 1.